The van der Waals surface area contributed by atoms with Gasteiger partial charge in [0.1, 0.15) is 5.82 Å². The summed E-state index contributed by atoms with van der Waals surface area (Å²) in [6.45, 7) is 3.38. The summed E-state index contributed by atoms with van der Waals surface area (Å²) in [6.07, 6.45) is 0.461. The van der Waals surface area contributed by atoms with Gasteiger partial charge in [0, 0.05) is 30.9 Å². The number of hydrogen-bond acceptors (Lipinski definition) is 5. The summed E-state index contributed by atoms with van der Waals surface area (Å²) >= 11 is 5.90. The average Bonchev–Trinajstić information content (AvgIpc) is 2.56. The van der Waals surface area contributed by atoms with Crippen LogP contribution in [0.4, 0.5) is 5.82 Å². The van der Waals surface area contributed by atoms with E-state index in [1.165, 1.54) is 0 Å². The molecule has 18 heavy (non-hydrogen) atoms. The first kappa shape index (κ1) is 13.5. The fraction of sp³-hybridized carbons (Fsp3) is 0.667. The molecule has 0 saturated carbocycles. The fourth-order valence-corrected chi connectivity index (χ4v) is 2.65. The molecule has 5 nitrogen and oxygen atoms in total. The predicted molar refractivity (Wildman–Crippen MR) is 72.1 cm³/mol. The number of aliphatic hydroxyl groups excluding tert-OH is 1. The Hall–Kier alpha value is -0.910. The van der Waals surface area contributed by atoms with Crippen LogP contribution in [0.2, 0.25) is 5.28 Å². The molecule has 1 fully saturated rings. The smallest absolute Gasteiger partial charge is 0.224 e. The van der Waals surface area contributed by atoms with E-state index in [-0.39, 0.29) is 17.4 Å². The van der Waals surface area contributed by atoms with E-state index < -0.39 is 0 Å². The van der Waals surface area contributed by atoms with Crippen molar-refractivity contribution < 1.29 is 5.11 Å². The average molecular weight is 271 g/mol. The molecule has 0 bridgehead atoms. The largest absolute Gasteiger partial charge is 0.391 e. The Morgan fingerprint density at radius 1 is 1.50 bits per heavy atom. The van der Waals surface area contributed by atoms with Crippen LogP contribution in [0.15, 0.2) is 6.07 Å². The van der Waals surface area contributed by atoms with Gasteiger partial charge >= 0.3 is 0 Å². The lowest BCUT2D eigenvalue weighted by Crippen LogP contribution is -2.38. The first-order valence-electron chi connectivity index (χ1n) is 6.06. The van der Waals surface area contributed by atoms with Crippen LogP contribution in [-0.2, 0) is 0 Å². The second kappa shape index (κ2) is 5.38. The van der Waals surface area contributed by atoms with Crippen molar-refractivity contribution in [3.05, 3.63) is 17.0 Å². The number of aryl methyl sites for hydroxylation is 1. The van der Waals surface area contributed by atoms with Crippen LogP contribution in [0.5, 0.6) is 0 Å². The molecule has 0 amide bonds. The van der Waals surface area contributed by atoms with Gasteiger partial charge in [0.15, 0.2) is 0 Å². The van der Waals surface area contributed by atoms with Crippen LogP contribution in [0.1, 0.15) is 12.1 Å². The van der Waals surface area contributed by atoms with Gasteiger partial charge in [-0.2, -0.15) is 0 Å². The first-order chi connectivity index (χ1) is 8.45. The molecule has 0 radical (unpaired) electrons. The molecule has 2 heterocycles. The minimum atomic E-state index is -0.302. The summed E-state index contributed by atoms with van der Waals surface area (Å²) in [4.78, 5) is 12.6. The quantitative estimate of drug-likeness (QED) is 0.829. The van der Waals surface area contributed by atoms with Crippen molar-refractivity contribution in [2.75, 3.05) is 32.1 Å². The van der Waals surface area contributed by atoms with Crippen LogP contribution < -0.4 is 4.90 Å². The maximum absolute atomic E-state index is 9.85. The summed E-state index contributed by atoms with van der Waals surface area (Å²) in [5.74, 6) is 0.802. The predicted octanol–water partition coefficient (Wildman–Crippen LogP) is 0.940. The molecule has 0 spiro atoms. The van der Waals surface area contributed by atoms with Gasteiger partial charge < -0.3 is 14.9 Å². The maximum Gasteiger partial charge on any atom is 0.224 e. The lowest BCUT2D eigenvalue weighted by Gasteiger charge is -2.27. The van der Waals surface area contributed by atoms with Gasteiger partial charge in [0.05, 0.1) is 6.10 Å². The molecule has 1 aromatic rings. The number of halogens is 1. The zero-order chi connectivity index (χ0) is 13.3. The van der Waals surface area contributed by atoms with E-state index in [1.807, 2.05) is 27.1 Å². The summed E-state index contributed by atoms with van der Waals surface area (Å²) in [6, 6.07) is 2.17. The third-order valence-corrected chi connectivity index (χ3v) is 3.24. The minimum Gasteiger partial charge on any atom is -0.391 e. The highest BCUT2D eigenvalue weighted by molar-refractivity contribution is 6.28. The third-order valence-electron chi connectivity index (χ3n) is 3.08. The van der Waals surface area contributed by atoms with Gasteiger partial charge in [0.2, 0.25) is 5.28 Å². The number of rotatable bonds is 3. The number of β-amino-alcohol motifs (C(OH)–C–C–N with tert-alkyl or cyclic N) is 1. The maximum atomic E-state index is 9.85. The van der Waals surface area contributed by atoms with Crippen LogP contribution in [0.3, 0.4) is 0 Å². The molecule has 0 aromatic carbocycles. The molecule has 2 atom stereocenters. The number of aromatic nitrogens is 2. The summed E-state index contributed by atoms with van der Waals surface area (Å²) < 4.78 is 0. The summed E-state index contributed by atoms with van der Waals surface area (Å²) in [7, 11) is 4.06. The second-order valence-corrected chi connectivity index (χ2v) is 5.43. The Morgan fingerprint density at radius 3 is 2.83 bits per heavy atom. The Kier molecular flexibility index (Phi) is 4.04. The topological polar surface area (TPSA) is 52.5 Å². The van der Waals surface area contributed by atoms with Crippen LogP contribution >= 0.6 is 11.6 Å². The van der Waals surface area contributed by atoms with Gasteiger partial charge in [-0.3, -0.25) is 0 Å². The molecular weight excluding hydrogens is 252 g/mol. The number of likely N-dealkylation sites (N-methyl/N-ethyl adjacent to an activating group) is 1. The summed E-state index contributed by atoms with van der Waals surface area (Å²) in [5.41, 5.74) is 0.843. The van der Waals surface area contributed by atoms with Crippen molar-refractivity contribution >= 4 is 17.4 Å². The van der Waals surface area contributed by atoms with E-state index in [0.717, 1.165) is 24.5 Å². The zero-order valence-electron chi connectivity index (χ0n) is 11.0. The van der Waals surface area contributed by atoms with Gasteiger partial charge in [0.25, 0.3) is 0 Å². The van der Waals surface area contributed by atoms with Gasteiger partial charge in [-0.25, -0.2) is 9.97 Å². The van der Waals surface area contributed by atoms with Crippen LogP contribution in [-0.4, -0.2) is 59.3 Å². The van der Waals surface area contributed by atoms with Crippen molar-refractivity contribution in [1.82, 2.24) is 14.9 Å². The molecule has 1 aliphatic heterocycles. The molecule has 0 aliphatic carbocycles. The molecule has 2 rings (SSSR count). The molecule has 1 N–H and O–H groups in total. The molecule has 100 valence electrons. The molecular formula is C12H19ClN4O. The Balaban J connectivity index is 2.23. The molecule has 6 heteroatoms. The van der Waals surface area contributed by atoms with Gasteiger partial charge in [-0.15, -0.1) is 0 Å². The van der Waals surface area contributed by atoms with E-state index in [4.69, 9.17) is 11.6 Å². The Bertz CT molecular complexity index is 406. The van der Waals surface area contributed by atoms with E-state index >= 15 is 0 Å². The van der Waals surface area contributed by atoms with Crippen molar-refractivity contribution in [2.45, 2.75) is 25.5 Å². The Morgan fingerprint density at radius 2 is 2.22 bits per heavy atom. The molecule has 1 aliphatic rings. The van der Waals surface area contributed by atoms with Crippen molar-refractivity contribution in [2.24, 2.45) is 0 Å². The first-order valence-corrected chi connectivity index (χ1v) is 6.44. The zero-order valence-corrected chi connectivity index (χ0v) is 11.7. The van der Waals surface area contributed by atoms with E-state index in [9.17, 15) is 5.11 Å². The number of aliphatic hydroxyl groups is 1. The number of anilines is 1. The minimum absolute atomic E-state index is 0.259. The van der Waals surface area contributed by atoms with Crippen LogP contribution in [0.25, 0.3) is 0 Å². The van der Waals surface area contributed by atoms with E-state index in [1.54, 1.807) is 0 Å². The van der Waals surface area contributed by atoms with Gasteiger partial charge in [-0.1, -0.05) is 0 Å². The lowest BCUT2D eigenvalue weighted by atomic mass is 10.2. The van der Waals surface area contributed by atoms with E-state index in [2.05, 4.69) is 19.8 Å². The van der Waals surface area contributed by atoms with Crippen molar-refractivity contribution in [3.63, 3.8) is 0 Å². The molecule has 1 saturated heterocycles. The highest BCUT2D eigenvalue weighted by atomic mass is 35.5. The van der Waals surface area contributed by atoms with Gasteiger partial charge in [-0.05, 0) is 39.0 Å². The SMILES string of the molecule is Cc1cc(N2CC(O)CC2CN(C)C)nc(Cl)n1. The van der Waals surface area contributed by atoms with E-state index in [0.29, 0.717) is 6.54 Å². The molecule has 1 aromatic heterocycles. The fourth-order valence-electron chi connectivity index (χ4n) is 2.43. The standard InChI is InChI=1S/C12H19ClN4O/c1-8-4-11(15-12(13)14-8)17-7-10(18)5-9(17)6-16(2)3/h4,9-10,18H,5-7H2,1-3H3. The second-order valence-electron chi connectivity index (χ2n) is 5.09. The van der Waals surface area contributed by atoms with Crippen molar-refractivity contribution in [3.8, 4) is 0 Å². The van der Waals surface area contributed by atoms with Crippen molar-refractivity contribution in [1.29, 1.82) is 0 Å². The Labute approximate surface area is 112 Å². The summed E-state index contributed by atoms with van der Waals surface area (Å²) in [5, 5.41) is 10.1. The number of nitrogens with zero attached hydrogens (tertiary/aromatic N) is 4. The van der Waals surface area contributed by atoms with Crippen LogP contribution in [0, 0.1) is 6.92 Å². The molecule has 2 unspecified atom stereocenters. The number of hydrogen-bond donors (Lipinski definition) is 1. The lowest BCUT2D eigenvalue weighted by molar-refractivity contribution is 0.191. The highest BCUT2D eigenvalue weighted by Crippen LogP contribution is 2.25. The third kappa shape index (κ3) is 3.10. The normalized spacial score (nSPS) is 24.0. The highest BCUT2D eigenvalue weighted by Gasteiger charge is 2.32. The monoisotopic (exact) mass is 270 g/mol.